The van der Waals surface area contributed by atoms with Crippen LogP contribution in [-0.4, -0.2) is 71.2 Å². The van der Waals surface area contributed by atoms with Gasteiger partial charge in [-0.15, -0.1) is 0 Å². The van der Waals surface area contributed by atoms with Crippen molar-refractivity contribution in [2.75, 3.05) is 53.9 Å². The first-order chi connectivity index (χ1) is 8.70. The van der Waals surface area contributed by atoms with E-state index in [0.29, 0.717) is 39.5 Å². The van der Waals surface area contributed by atoms with Gasteiger partial charge in [-0.05, 0) is 0 Å². The zero-order chi connectivity index (χ0) is 13.6. The number of carboxylic acid groups (broad SMARTS) is 1. The van der Waals surface area contributed by atoms with Crippen molar-refractivity contribution in [1.29, 1.82) is 0 Å². The van der Waals surface area contributed by atoms with Gasteiger partial charge in [0.15, 0.2) is 0 Å². The standard InChI is InChI=1S/C11H22O7/c1-14-4-3-10(9-18-11(12)13)17-8-7-16-6-5-15-2/h10H,3-9H2,1-2H3,(H,12,13). The number of hydrogen-bond acceptors (Lipinski definition) is 6. The zero-order valence-electron chi connectivity index (χ0n) is 10.9. The molecule has 0 aromatic heterocycles. The van der Waals surface area contributed by atoms with Gasteiger partial charge < -0.3 is 28.8 Å². The fourth-order valence-corrected chi connectivity index (χ4v) is 1.15. The lowest BCUT2D eigenvalue weighted by Crippen LogP contribution is -2.25. The van der Waals surface area contributed by atoms with Crippen molar-refractivity contribution in [1.82, 2.24) is 0 Å². The second-order valence-corrected chi connectivity index (χ2v) is 3.46. The minimum Gasteiger partial charge on any atom is -0.450 e. The van der Waals surface area contributed by atoms with Crippen molar-refractivity contribution in [3.05, 3.63) is 0 Å². The molecule has 0 aliphatic carbocycles. The van der Waals surface area contributed by atoms with Gasteiger partial charge >= 0.3 is 6.16 Å². The van der Waals surface area contributed by atoms with Crippen LogP contribution >= 0.6 is 0 Å². The largest absolute Gasteiger partial charge is 0.505 e. The van der Waals surface area contributed by atoms with Crippen LogP contribution in [0.15, 0.2) is 0 Å². The summed E-state index contributed by atoms with van der Waals surface area (Å²) < 4.78 is 24.9. The highest BCUT2D eigenvalue weighted by molar-refractivity contribution is 5.56. The van der Waals surface area contributed by atoms with Gasteiger partial charge in [0.05, 0.1) is 32.5 Å². The number of methoxy groups -OCH3 is 2. The monoisotopic (exact) mass is 266 g/mol. The summed E-state index contributed by atoms with van der Waals surface area (Å²) in [4.78, 5) is 10.3. The third kappa shape index (κ3) is 11.6. The highest BCUT2D eigenvalue weighted by Gasteiger charge is 2.11. The maximum Gasteiger partial charge on any atom is 0.505 e. The van der Waals surface area contributed by atoms with Gasteiger partial charge in [-0.25, -0.2) is 4.79 Å². The molecule has 0 aromatic carbocycles. The van der Waals surface area contributed by atoms with Crippen molar-refractivity contribution in [3.63, 3.8) is 0 Å². The average Bonchev–Trinajstić information content (AvgIpc) is 2.35. The van der Waals surface area contributed by atoms with Gasteiger partial charge in [0.1, 0.15) is 6.61 Å². The molecule has 0 aliphatic heterocycles. The van der Waals surface area contributed by atoms with E-state index < -0.39 is 6.16 Å². The van der Waals surface area contributed by atoms with E-state index in [2.05, 4.69) is 4.74 Å². The summed E-state index contributed by atoms with van der Waals surface area (Å²) in [5.41, 5.74) is 0. The minimum atomic E-state index is -1.31. The molecule has 0 aromatic rings. The molecular weight excluding hydrogens is 244 g/mol. The SMILES string of the molecule is COCCOCCOC(CCOC)COC(=O)O. The van der Waals surface area contributed by atoms with Gasteiger partial charge in [0.25, 0.3) is 0 Å². The fraction of sp³-hybridized carbons (Fsp3) is 0.909. The Bertz CT molecular complexity index is 198. The smallest absolute Gasteiger partial charge is 0.450 e. The Labute approximate surface area is 107 Å². The Morgan fingerprint density at radius 1 is 1.06 bits per heavy atom. The van der Waals surface area contributed by atoms with E-state index in [1.807, 2.05) is 0 Å². The van der Waals surface area contributed by atoms with Crippen LogP contribution in [0, 0.1) is 0 Å². The van der Waals surface area contributed by atoms with Crippen LogP contribution < -0.4 is 0 Å². The van der Waals surface area contributed by atoms with Crippen LogP contribution in [0.1, 0.15) is 6.42 Å². The van der Waals surface area contributed by atoms with Crippen molar-refractivity contribution < 1.29 is 33.6 Å². The predicted molar refractivity (Wildman–Crippen MR) is 62.9 cm³/mol. The average molecular weight is 266 g/mol. The molecule has 0 saturated carbocycles. The van der Waals surface area contributed by atoms with Gasteiger partial charge in [0, 0.05) is 27.2 Å². The van der Waals surface area contributed by atoms with E-state index in [1.165, 1.54) is 0 Å². The van der Waals surface area contributed by atoms with Crippen LogP contribution in [-0.2, 0) is 23.7 Å². The van der Waals surface area contributed by atoms with E-state index in [0.717, 1.165) is 0 Å². The maximum atomic E-state index is 10.3. The molecule has 0 bridgehead atoms. The van der Waals surface area contributed by atoms with Crippen LogP contribution in [0.25, 0.3) is 0 Å². The van der Waals surface area contributed by atoms with E-state index in [9.17, 15) is 4.79 Å². The zero-order valence-corrected chi connectivity index (χ0v) is 10.9. The number of hydrogen-bond donors (Lipinski definition) is 1. The topological polar surface area (TPSA) is 83.5 Å². The Morgan fingerprint density at radius 3 is 2.33 bits per heavy atom. The maximum absolute atomic E-state index is 10.3. The molecule has 0 aliphatic rings. The van der Waals surface area contributed by atoms with Crippen molar-refractivity contribution >= 4 is 6.16 Å². The quantitative estimate of drug-likeness (QED) is 0.412. The van der Waals surface area contributed by atoms with E-state index in [4.69, 9.17) is 24.1 Å². The van der Waals surface area contributed by atoms with Gasteiger partial charge in [-0.3, -0.25) is 0 Å². The van der Waals surface area contributed by atoms with Crippen molar-refractivity contribution in [2.24, 2.45) is 0 Å². The molecule has 7 nitrogen and oxygen atoms in total. The van der Waals surface area contributed by atoms with Crippen LogP contribution in [0.2, 0.25) is 0 Å². The Hall–Kier alpha value is -0.890. The molecule has 18 heavy (non-hydrogen) atoms. The Morgan fingerprint density at radius 2 is 1.72 bits per heavy atom. The van der Waals surface area contributed by atoms with Crippen LogP contribution in [0.3, 0.4) is 0 Å². The van der Waals surface area contributed by atoms with Crippen LogP contribution in [0.4, 0.5) is 4.79 Å². The second kappa shape index (κ2) is 12.6. The summed E-state index contributed by atoms with van der Waals surface area (Å²) >= 11 is 0. The van der Waals surface area contributed by atoms with Gasteiger partial charge in [-0.2, -0.15) is 0 Å². The molecular formula is C11H22O7. The summed E-state index contributed by atoms with van der Waals surface area (Å²) in [6, 6.07) is 0. The summed E-state index contributed by atoms with van der Waals surface area (Å²) in [5.74, 6) is 0. The molecule has 108 valence electrons. The number of carbonyl (C=O) groups is 1. The molecule has 0 fully saturated rings. The Kier molecular flexibility index (Phi) is 11.9. The number of ether oxygens (including phenoxy) is 5. The van der Waals surface area contributed by atoms with Crippen molar-refractivity contribution in [2.45, 2.75) is 12.5 Å². The first-order valence-corrected chi connectivity index (χ1v) is 5.73. The highest BCUT2D eigenvalue weighted by atomic mass is 16.7. The molecule has 0 spiro atoms. The molecule has 0 amide bonds. The summed E-state index contributed by atoms with van der Waals surface area (Å²) in [5, 5.41) is 8.41. The Balaban J connectivity index is 3.61. The molecule has 0 rings (SSSR count). The second-order valence-electron chi connectivity index (χ2n) is 3.46. The molecule has 7 heteroatoms. The summed E-state index contributed by atoms with van der Waals surface area (Å²) in [6.45, 7) is 2.33. The summed E-state index contributed by atoms with van der Waals surface area (Å²) in [7, 11) is 3.17. The van der Waals surface area contributed by atoms with Crippen LogP contribution in [0.5, 0.6) is 0 Å². The normalized spacial score (nSPS) is 12.3. The molecule has 1 atom stereocenters. The first-order valence-electron chi connectivity index (χ1n) is 5.73. The van der Waals surface area contributed by atoms with Gasteiger partial charge in [0.2, 0.25) is 0 Å². The molecule has 1 unspecified atom stereocenters. The molecule has 0 saturated heterocycles. The predicted octanol–water partition coefficient (Wildman–Crippen LogP) is 0.766. The van der Waals surface area contributed by atoms with Gasteiger partial charge in [-0.1, -0.05) is 0 Å². The number of rotatable bonds is 12. The first kappa shape index (κ1) is 17.1. The molecule has 1 N–H and O–H groups in total. The summed E-state index contributed by atoms with van der Waals surface area (Å²) in [6.07, 6.45) is -1.05. The lowest BCUT2D eigenvalue weighted by atomic mass is 10.3. The highest BCUT2D eigenvalue weighted by Crippen LogP contribution is 2.00. The minimum absolute atomic E-state index is 0.00321. The molecule has 0 radical (unpaired) electrons. The lowest BCUT2D eigenvalue weighted by Gasteiger charge is -2.16. The lowest BCUT2D eigenvalue weighted by molar-refractivity contribution is -0.0441. The fourth-order valence-electron chi connectivity index (χ4n) is 1.15. The third-order valence-corrected chi connectivity index (χ3v) is 2.05. The molecule has 0 heterocycles. The van der Waals surface area contributed by atoms with E-state index in [-0.39, 0.29) is 12.7 Å². The third-order valence-electron chi connectivity index (χ3n) is 2.05. The van der Waals surface area contributed by atoms with E-state index in [1.54, 1.807) is 14.2 Å². The van der Waals surface area contributed by atoms with E-state index >= 15 is 0 Å². The van der Waals surface area contributed by atoms with Crippen molar-refractivity contribution in [3.8, 4) is 0 Å².